The van der Waals surface area contributed by atoms with Crippen LogP contribution in [-0.4, -0.2) is 11.1 Å². The molecule has 0 radical (unpaired) electrons. The number of carboxylic acid groups (broad SMARTS) is 1. The molecular weight excluding hydrogens is 473 g/mol. The molecule has 3 rings (SSSR count). The zero-order valence-electron chi connectivity index (χ0n) is 11.7. The molecule has 0 aliphatic heterocycles. The molecule has 3 aromatic rings. The van der Waals surface area contributed by atoms with Crippen molar-refractivity contribution in [3.8, 4) is 0 Å². The Morgan fingerprint density at radius 2 is 1.65 bits per heavy atom. The predicted molar refractivity (Wildman–Crippen MR) is 95.0 cm³/mol. The normalized spacial score (nSPS) is 10.5. The number of fused-ring (bicyclic) bond motifs is 2. The predicted octanol–water partition coefficient (Wildman–Crippen LogP) is 2.02. The van der Waals surface area contributed by atoms with Gasteiger partial charge in [0.25, 0.3) is 0 Å². The van der Waals surface area contributed by atoms with Gasteiger partial charge in [-0.1, -0.05) is 12.1 Å². The molecule has 1 N–H and O–H groups in total. The molecule has 0 atom stereocenters. The van der Waals surface area contributed by atoms with Crippen molar-refractivity contribution in [2.75, 3.05) is 0 Å². The van der Waals surface area contributed by atoms with Crippen molar-refractivity contribution in [3.05, 3.63) is 55.2 Å². The van der Waals surface area contributed by atoms with E-state index in [1.54, 1.807) is 0 Å². The van der Waals surface area contributed by atoms with E-state index in [4.69, 9.17) is 0 Å². The number of benzene rings is 3. The topological polar surface area (TPSA) is 37.3 Å². The third-order valence-electron chi connectivity index (χ3n) is 3.10. The van der Waals surface area contributed by atoms with Crippen molar-refractivity contribution < 1.29 is 30.2 Å². The van der Waals surface area contributed by atoms with E-state index in [9.17, 15) is 9.90 Å². The van der Waals surface area contributed by atoms with Crippen LogP contribution in [0, 0.1) is 7.14 Å². The fraction of sp³-hybridized carbons (Fsp3) is 0. The first-order valence-electron chi connectivity index (χ1n) is 5.61. The minimum Gasteiger partial charge on any atom is -1.00 e. The molecule has 0 aliphatic rings. The van der Waals surface area contributed by atoms with Crippen molar-refractivity contribution >= 4 is 72.7 Å². The first-order chi connectivity index (χ1) is 9.06. The van der Waals surface area contributed by atoms with Gasteiger partial charge in [0, 0.05) is 7.14 Å². The maximum atomic E-state index is 11.4. The molecule has 0 aliphatic carbocycles. The molecule has 3 aromatic carbocycles. The molecule has 20 heavy (non-hydrogen) atoms. The molecule has 0 unspecified atom stereocenters. The Morgan fingerprint density at radius 3 is 2.35 bits per heavy atom. The maximum absolute atomic E-state index is 11.4. The summed E-state index contributed by atoms with van der Waals surface area (Å²) >= 11 is 4.33. The molecule has 5 heteroatoms. The number of hydrogen-bond donors (Lipinski definition) is 1. The smallest absolute Gasteiger partial charge is 1.00 e. The van der Waals surface area contributed by atoms with Crippen molar-refractivity contribution in [2.24, 2.45) is 0 Å². The summed E-state index contributed by atoms with van der Waals surface area (Å²) in [7, 11) is 0. The van der Waals surface area contributed by atoms with E-state index in [0.29, 0.717) is 5.56 Å². The monoisotopic (exact) mass is 482 g/mol. The first-order valence-corrected chi connectivity index (χ1v) is 7.77. The zero-order valence-corrected chi connectivity index (χ0v) is 15.0. The summed E-state index contributed by atoms with van der Waals surface area (Å²) in [5.74, 6) is -0.875. The van der Waals surface area contributed by atoms with Crippen LogP contribution in [0.1, 0.15) is 11.8 Å². The molecular formula is C15H9I2LiO2. The fourth-order valence-corrected chi connectivity index (χ4v) is 3.45. The number of carboxylic acids is 1. The molecule has 0 saturated heterocycles. The summed E-state index contributed by atoms with van der Waals surface area (Å²) in [6, 6.07) is 14.0. The summed E-state index contributed by atoms with van der Waals surface area (Å²) in [5.41, 5.74) is 0.388. The second-order valence-electron chi connectivity index (χ2n) is 4.29. The Balaban J connectivity index is 0.00000110. The van der Waals surface area contributed by atoms with Gasteiger partial charge in [-0.15, -0.1) is 0 Å². The van der Waals surface area contributed by atoms with E-state index in [0.717, 1.165) is 28.7 Å². The summed E-state index contributed by atoms with van der Waals surface area (Å²) in [6.45, 7) is 0. The Morgan fingerprint density at radius 1 is 0.950 bits per heavy atom. The second-order valence-corrected chi connectivity index (χ2v) is 6.70. The van der Waals surface area contributed by atoms with Crippen LogP contribution in [0.5, 0.6) is 0 Å². The maximum Gasteiger partial charge on any atom is 1.00 e. The molecule has 0 heterocycles. The summed E-state index contributed by atoms with van der Waals surface area (Å²) < 4.78 is 1.91. The van der Waals surface area contributed by atoms with Crippen molar-refractivity contribution in [3.63, 3.8) is 0 Å². The van der Waals surface area contributed by atoms with Gasteiger partial charge in [0.15, 0.2) is 0 Å². The summed E-state index contributed by atoms with van der Waals surface area (Å²) in [6.07, 6.45) is 0. The largest absolute Gasteiger partial charge is 1.00 e. The average Bonchev–Trinajstić information content (AvgIpc) is 2.35. The number of rotatable bonds is 1. The minimum atomic E-state index is -0.875. The first kappa shape index (κ1) is 16.1. The van der Waals surface area contributed by atoms with Gasteiger partial charge in [0.2, 0.25) is 0 Å². The standard InChI is InChI=1S/C15H8I2O2.Li.H/c16-11-3-1-8-5-9-2-4-13(17)14(15(18)19)12(9)7-10(8)6-11;;/h1-7H,(H,18,19);;/q;+1;-1. The Bertz CT molecular complexity index is 837. The van der Waals surface area contributed by atoms with E-state index in [-0.39, 0.29) is 20.3 Å². The van der Waals surface area contributed by atoms with Crippen molar-refractivity contribution in [2.45, 2.75) is 0 Å². The molecule has 2 nitrogen and oxygen atoms in total. The summed E-state index contributed by atoms with van der Waals surface area (Å²) in [4.78, 5) is 11.4. The van der Waals surface area contributed by atoms with E-state index in [2.05, 4.69) is 63.4 Å². The SMILES string of the molecule is O=C(O)c1c(I)ccc2cc3ccc(I)cc3cc12.[H-].[Li+]. The molecule has 0 aromatic heterocycles. The van der Waals surface area contributed by atoms with Crippen LogP contribution in [0.3, 0.4) is 0 Å². The van der Waals surface area contributed by atoms with Gasteiger partial charge in [-0.3, -0.25) is 0 Å². The van der Waals surface area contributed by atoms with Gasteiger partial charge in [0.05, 0.1) is 5.56 Å². The van der Waals surface area contributed by atoms with E-state index < -0.39 is 5.97 Å². The Hall–Kier alpha value is -0.293. The van der Waals surface area contributed by atoms with Gasteiger partial charge in [-0.05, 0) is 97.1 Å². The van der Waals surface area contributed by atoms with Gasteiger partial charge in [-0.2, -0.15) is 0 Å². The van der Waals surface area contributed by atoms with E-state index >= 15 is 0 Å². The van der Waals surface area contributed by atoms with Crippen LogP contribution in [0.25, 0.3) is 21.5 Å². The molecule has 0 bridgehead atoms. The van der Waals surface area contributed by atoms with Gasteiger partial charge in [-0.25, -0.2) is 4.79 Å². The van der Waals surface area contributed by atoms with Gasteiger partial charge < -0.3 is 6.53 Å². The third kappa shape index (κ3) is 2.84. The van der Waals surface area contributed by atoms with Crippen LogP contribution in [0.4, 0.5) is 0 Å². The number of hydrogen-bond acceptors (Lipinski definition) is 1. The van der Waals surface area contributed by atoms with E-state index in [1.165, 1.54) is 0 Å². The molecule has 0 amide bonds. The van der Waals surface area contributed by atoms with Crippen molar-refractivity contribution in [1.82, 2.24) is 0 Å². The number of halogens is 2. The number of carbonyl (C=O) groups is 1. The van der Waals surface area contributed by atoms with Crippen LogP contribution >= 0.6 is 45.2 Å². The second kappa shape index (κ2) is 6.22. The van der Waals surface area contributed by atoms with Crippen LogP contribution in [0.2, 0.25) is 0 Å². The fourth-order valence-electron chi connectivity index (χ4n) is 2.23. The van der Waals surface area contributed by atoms with Crippen LogP contribution in [0.15, 0.2) is 42.5 Å². The van der Waals surface area contributed by atoms with Crippen LogP contribution in [-0.2, 0) is 0 Å². The van der Waals surface area contributed by atoms with Gasteiger partial charge >= 0.3 is 24.8 Å². The Kier molecular flexibility index (Phi) is 5.00. The van der Waals surface area contributed by atoms with Crippen LogP contribution < -0.4 is 18.9 Å². The molecule has 96 valence electrons. The minimum absolute atomic E-state index is 0. The quantitative estimate of drug-likeness (QED) is 0.328. The Labute approximate surface area is 156 Å². The third-order valence-corrected chi connectivity index (χ3v) is 4.67. The zero-order chi connectivity index (χ0) is 13.6. The number of aromatic carboxylic acids is 1. The van der Waals surface area contributed by atoms with E-state index in [1.807, 2.05) is 24.3 Å². The molecule has 0 spiro atoms. The van der Waals surface area contributed by atoms with Gasteiger partial charge in [0.1, 0.15) is 0 Å². The molecule has 0 saturated carbocycles. The summed E-state index contributed by atoms with van der Waals surface area (Å²) in [5, 5.41) is 13.4. The van der Waals surface area contributed by atoms with Crippen molar-refractivity contribution in [1.29, 1.82) is 0 Å². The average molecular weight is 482 g/mol. The molecule has 0 fully saturated rings.